The highest BCUT2D eigenvalue weighted by Crippen LogP contribution is 2.23. The van der Waals surface area contributed by atoms with E-state index in [1.165, 1.54) is 13.3 Å². The van der Waals surface area contributed by atoms with Crippen molar-refractivity contribution in [2.75, 3.05) is 10.6 Å². The minimum Gasteiger partial charge on any atom is -0.332 e. The van der Waals surface area contributed by atoms with Gasteiger partial charge in [0.15, 0.2) is 5.11 Å². The molecule has 2 rings (SSSR count). The van der Waals surface area contributed by atoms with Crippen molar-refractivity contribution in [3.8, 4) is 0 Å². The zero-order valence-electron chi connectivity index (χ0n) is 12.6. The van der Waals surface area contributed by atoms with Gasteiger partial charge in [0.25, 0.3) is 0 Å². The average molecular weight is 319 g/mol. The molecular weight excluding hydrogens is 298 g/mol. The highest BCUT2D eigenvalue weighted by molar-refractivity contribution is 7.80. The molecule has 1 saturated carbocycles. The second-order valence-electron chi connectivity index (χ2n) is 5.54. The molecule has 0 heterocycles. The first-order valence-corrected chi connectivity index (χ1v) is 7.95. The van der Waals surface area contributed by atoms with Crippen molar-refractivity contribution in [1.29, 1.82) is 0 Å². The summed E-state index contributed by atoms with van der Waals surface area (Å²) >= 11 is 5.17. The molecule has 0 radical (unpaired) electrons. The molecule has 0 aliphatic heterocycles. The van der Waals surface area contributed by atoms with Gasteiger partial charge in [-0.05, 0) is 49.3 Å². The molecule has 0 bridgehead atoms. The van der Waals surface area contributed by atoms with Crippen molar-refractivity contribution >= 4 is 40.5 Å². The van der Waals surface area contributed by atoms with Crippen LogP contribution in [0.2, 0.25) is 0 Å². The molecule has 0 unspecified atom stereocenters. The lowest BCUT2D eigenvalue weighted by Gasteiger charge is -2.21. The predicted molar refractivity (Wildman–Crippen MR) is 91.7 cm³/mol. The molecule has 1 fully saturated rings. The molecule has 1 aliphatic carbocycles. The summed E-state index contributed by atoms with van der Waals surface area (Å²) in [5.41, 5.74) is 1.48. The maximum Gasteiger partial charge on any atom is 0.229 e. The fourth-order valence-corrected chi connectivity index (χ4v) is 2.80. The van der Waals surface area contributed by atoms with Crippen LogP contribution in [0.5, 0.6) is 0 Å². The van der Waals surface area contributed by atoms with E-state index in [0.717, 1.165) is 37.1 Å². The van der Waals surface area contributed by atoms with Gasteiger partial charge in [0.05, 0.1) is 0 Å². The SMILES string of the molecule is CC(=O)Nc1ccc(NC(=S)NC(=O)C2CCCCC2)cc1. The maximum atomic E-state index is 12.1. The average Bonchev–Trinajstić information content (AvgIpc) is 2.49. The van der Waals surface area contributed by atoms with Crippen LogP contribution in [0.1, 0.15) is 39.0 Å². The molecule has 22 heavy (non-hydrogen) atoms. The zero-order valence-corrected chi connectivity index (χ0v) is 13.5. The van der Waals surface area contributed by atoms with Gasteiger partial charge in [0, 0.05) is 24.2 Å². The van der Waals surface area contributed by atoms with Crippen molar-refractivity contribution in [3.05, 3.63) is 24.3 Å². The summed E-state index contributed by atoms with van der Waals surface area (Å²) in [5, 5.41) is 8.74. The third-order valence-corrected chi connectivity index (χ3v) is 3.88. The Hall–Kier alpha value is -1.95. The van der Waals surface area contributed by atoms with Gasteiger partial charge in [-0.2, -0.15) is 0 Å². The molecule has 6 heteroatoms. The molecule has 3 N–H and O–H groups in total. The first-order valence-electron chi connectivity index (χ1n) is 7.54. The van der Waals surface area contributed by atoms with E-state index in [1.807, 2.05) is 0 Å². The second kappa shape index (κ2) is 7.89. The number of thiocarbonyl (C=S) groups is 1. The highest BCUT2D eigenvalue weighted by atomic mass is 32.1. The van der Waals surface area contributed by atoms with Crippen molar-refractivity contribution in [1.82, 2.24) is 5.32 Å². The van der Waals surface area contributed by atoms with E-state index in [9.17, 15) is 9.59 Å². The van der Waals surface area contributed by atoms with Crippen LogP contribution in [0.3, 0.4) is 0 Å². The van der Waals surface area contributed by atoms with E-state index in [0.29, 0.717) is 5.11 Å². The van der Waals surface area contributed by atoms with Gasteiger partial charge in [0.2, 0.25) is 11.8 Å². The van der Waals surface area contributed by atoms with E-state index in [-0.39, 0.29) is 17.7 Å². The number of carbonyl (C=O) groups excluding carboxylic acids is 2. The summed E-state index contributed by atoms with van der Waals surface area (Å²) in [6, 6.07) is 7.14. The first kappa shape index (κ1) is 16.4. The summed E-state index contributed by atoms with van der Waals surface area (Å²) in [5.74, 6) is -0.0290. The van der Waals surface area contributed by atoms with Gasteiger partial charge in [-0.25, -0.2) is 0 Å². The van der Waals surface area contributed by atoms with E-state index >= 15 is 0 Å². The number of amides is 2. The van der Waals surface area contributed by atoms with Gasteiger partial charge in [0.1, 0.15) is 0 Å². The maximum absolute atomic E-state index is 12.1. The minimum atomic E-state index is -0.115. The Labute approximate surface area is 135 Å². The molecule has 1 aromatic rings. The molecule has 118 valence electrons. The van der Waals surface area contributed by atoms with Crippen LogP contribution in [0.4, 0.5) is 11.4 Å². The van der Waals surface area contributed by atoms with Gasteiger partial charge >= 0.3 is 0 Å². The third kappa shape index (κ3) is 5.11. The second-order valence-corrected chi connectivity index (χ2v) is 5.95. The van der Waals surface area contributed by atoms with E-state index in [1.54, 1.807) is 24.3 Å². The molecule has 0 spiro atoms. The van der Waals surface area contributed by atoms with Crippen LogP contribution < -0.4 is 16.0 Å². The molecule has 0 atom stereocenters. The topological polar surface area (TPSA) is 70.2 Å². The lowest BCUT2D eigenvalue weighted by atomic mass is 9.89. The summed E-state index contributed by atoms with van der Waals surface area (Å²) in [4.78, 5) is 23.0. The number of nitrogens with one attached hydrogen (secondary N) is 3. The molecular formula is C16H21N3O2S. The fraction of sp³-hybridized carbons (Fsp3) is 0.438. The summed E-state index contributed by atoms with van der Waals surface area (Å²) in [6.07, 6.45) is 5.33. The lowest BCUT2D eigenvalue weighted by Crippen LogP contribution is -2.38. The van der Waals surface area contributed by atoms with Gasteiger partial charge in [-0.3, -0.25) is 9.59 Å². The normalized spacial score (nSPS) is 15.0. The number of hydrogen-bond acceptors (Lipinski definition) is 3. The monoisotopic (exact) mass is 319 g/mol. The van der Waals surface area contributed by atoms with Gasteiger partial charge in [-0.1, -0.05) is 19.3 Å². The number of rotatable bonds is 3. The quantitative estimate of drug-likeness (QED) is 0.749. The smallest absolute Gasteiger partial charge is 0.229 e. The van der Waals surface area contributed by atoms with E-state index in [2.05, 4.69) is 16.0 Å². The summed E-state index contributed by atoms with van der Waals surface area (Å²) < 4.78 is 0. The van der Waals surface area contributed by atoms with E-state index < -0.39 is 0 Å². The third-order valence-electron chi connectivity index (χ3n) is 3.68. The molecule has 1 aliphatic rings. The van der Waals surface area contributed by atoms with Gasteiger partial charge < -0.3 is 16.0 Å². The van der Waals surface area contributed by atoms with Crippen molar-refractivity contribution in [3.63, 3.8) is 0 Å². The molecule has 1 aromatic carbocycles. The van der Waals surface area contributed by atoms with Crippen LogP contribution in [-0.2, 0) is 9.59 Å². The Morgan fingerprint density at radius 1 is 1.00 bits per heavy atom. The Morgan fingerprint density at radius 3 is 2.09 bits per heavy atom. The number of carbonyl (C=O) groups is 2. The molecule has 5 nitrogen and oxygen atoms in total. The van der Waals surface area contributed by atoms with Crippen LogP contribution >= 0.6 is 12.2 Å². The number of benzene rings is 1. The fourth-order valence-electron chi connectivity index (χ4n) is 2.58. The number of anilines is 2. The predicted octanol–water partition coefficient (Wildman–Crippen LogP) is 3.04. The van der Waals surface area contributed by atoms with Crippen molar-refractivity contribution in [2.45, 2.75) is 39.0 Å². The Bertz CT molecular complexity index is 551. The Morgan fingerprint density at radius 2 is 1.55 bits per heavy atom. The van der Waals surface area contributed by atoms with Crippen molar-refractivity contribution in [2.24, 2.45) is 5.92 Å². The van der Waals surface area contributed by atoms with Crippen LogP contribution in [0.15, 0.2) is 24.3 Å². The minimum absolute atomic E-state index is 0.00654. The Kier molecular flexibility index (Phi) is 5.89. The molecule has 0 aromatic heterocycles. The van der Waals surface area contributed by atoms with Crippen LogP contribution in [-0.4, -0.2) is 16.9 Å². The zero-order chi connectivity index (χ0) is 15.9. The largest absolute Gasteiger partial charge is 0.332 e. The standard InChI is InChI=1S/C16H21N3O2S/c1-11(20)17-13-7-9-14(10-8-13)18-16(22)19-15(21)12-5-3-2-4-6-12/h7-10,12H,2-6H2,1H3,(H,17,20)(H2,18,19,21,22). The van der Waals surface area contributed by atoms with E-state index in [4.69, 9.17) is 12.2 Å². The summed E-state index contributed by atoms with van der Waals surface area (Å²) in [7, 11) is 0. The first-order chi connectivity index (χ1) is 10.5. The molecule has 0 saturated heterocycles. The Balaban J connectivity index is 1.83. The number of hydrogen-bond donors (Lipinski definition) is 3. The molecule has 2 amide bonds. The lowest BCUT2D eigenvalue weighted by molar-refractivity contribution is -0.124. The highest BCUT2D eigenvalue weighted by Gasteiger charge is 2.21. The van der Waals surface area contributed by atoms with Crippen molar-refractivity contribution < 1.29 is 9.59 Å². The van der Waals surface area contributed by atoms with Crippen LogP contribution in [0.25, 0.3) is 0 Å². The van der Waals surface area contributed by atoms with Gasteiger partial charge in [-0.15, -0.1) is 0 Å². The van der Waals surface area contributed by atoms with Crippen LogP contribution in [0, 0.1) is 5.92 Å². The summed E-state index contributed by atoms with van der Waals surface area (Å²) in [6.45, 7) is 1.46.